The van der Waals surface area contributed by atoms with Gasteiger partial charge in [0, 0.05) is 25.2 Å². The third-order valence-corrected chi connectivity index (χ3v) is 4.07. The molecule has 0 bridgehead atoms. The zero-order chi connectivity index (χ0) is 13.6. The molecule has 0 amide bonds. The van der Waals surface area contributed by atoms with Gasteiger partial charge in [0.1, 0.15) is 5.52 Å². The Labute approximate surface area is 116 Å². The minimum absolute atomic E-state index is 0.244. The van der Waals surface area contributed by atoms with Crippen molar-refractivity contribution in [1.82, 2.24) is 24.8 Å². The fourth-order valence-corrected chi connectivity index (χ4v) is 2.76. The molecule has 2 atom stereocenters. The maximum Gasteiger partial charge on any atom is 0.226 e. The summed E-state index contributed by atoms with van der Waals surface area (Å²) in [5.74, 6) is 0.847. The van der Waals surface area contributed by atoms with Gasteiger partial charge < -0.3 is 9.88 Å². The van der Waals surface area contributed by atoms with E-state index in [-0.39, 0.29) is 5.28 Å². The molecule has 0 aromatic carbocycles. The Morgan fingerprint density at radius 1 is 1.26 bits per heavy atom. The number of likely N-dealkylation sites (N-methyl/N-ethyl adjacent to an activating group) is 1. The average molecular weight is 281 g/mol. The quantitative estimate of drug-likeness (QED) is 0.803. The SMILES string of the molecule is CC1CN(c2nc(Cl)nc3nc[nH]c23)CC(C)N1C. The Morgan fingerprint density at radius 2 is 1.95 bits per heavy atom. The second-order valence-corrected chi connectivity index (χ2v) is 5.52. The molecule has 1 saturated heterocycles. The fourth-order valence-electron chi connectivity index (χ4n) is 2.60. The molecule has 2 aromatic heterocycles. The van der Waals surface area contributed by atoms with E-state index in [9.17, 15) is 0 Å². The summed E-state index contributed by atoms with van der Waals surface area (Å²) in [6.07, 6.45) is 1.63. The lowest BCUT2D eigenvalue weighted by Crippen LogP contribution is -2.55. The van der Waals surface area contributed by atoms with Crippen molar-refractivity contribution in [3.63, 3.8) is 0 Å². The van der Waals surface area contributed by atoms with Crippen LogP contribution in [0.15, 0.2) is 6.33 Å². The third kappa shape index (κ3) is 2.15. The summed E-state index contributed by atoms with van der Waals surface area (Å²) in [6.45, 7) is 6.27. The highest BCUT2D eigenvalue weighted by Crippen LogP contribution is 2.26. The van der Waals surface area contributed by atoms with Crippen LogP contribution in [0.1, 0.15) is 13.8 Å². The highest BCUT2D eigenvalue weighted by atomic mass is 35.5. The Hall–Kier alpha value is -1.40. The van der Waals surface area contributed by atoms with Crippen LogP contribution in [0.25, 0.3) is 11.2 Å². The van der Waals surface area contributed by atoms with Gasteiger partial charge in [-0.25, -0.2) is 4.98 Å². The van der Waals surface area contributed by atoms with Crippen molar-refractivity contribution < 1.29 is 0 Å². The molecule has 2 unspecified atom stereocenters. The smallest absolute Gasteiger partial charge is 0.226 e. The molecule has 0 saturated carbocycles. The van der Waals surface area contributed by atoms with Crippen LogP contribution in [-0.4, -0.2) is 57.1 Å². The van der Waals surface area contributed by atoms with Crippen LogP contribution in [0, 0.1) is 0 Å². The van der Waals surface area contributed by atoms with Gasteiger partial charge in [-0.05, 0) is 32.5 Å². The van der Waals surface area contributed by atoms with Crippen LogP contribution >= 0.6 is 11.6 Å². The molecule has 3 rings (SSSR count). The Balaban J connectivity index is 2.02. The van der Waals surface area contributed by atoms with E-state index in [1.54, 1.807) is 6.33 Å². The number of H-pyrrole nitrogens is 1. The number of imidazole rings is 1. The molecule has 102 valence electrons. The normalized spacial score (nSPS) is 25.2. The second kappa shape index (κ2) is 4.61. The minimum Gasteiger partial charge on any atom is -0.352 e. The molecule has 1 aliphatic heterocycles. The van der Waals surface area contributed by atoms with E-state index >= 15 is 0 Å². The van der Waals surface area contributed by atoms with Gasteiger partial charge in [0.25, 0.3) is 0 Å². The van der Waals surface area contributed by atoms with Crippen LogP contribution in [0.4, 0.5) is 5.82 Å². The average Bonchev–Trinajstić information content (AvgIpc) is 2.82. The van der Waals surface area contributed by atoms with Crippen molar-refractivity contribution in [2.24, 2.45) is 0 Å². The molecule has 1 aliphatic rings. The van der Waals surface area contributed by atoms with Crippen LogP contribution in [0.3, 0.4) is 0 Å². The van der Waals surface area contributed by atoms with E-state index in [1.807, 2.05) is 0 Å². The van der Waals surface area contributed by atoms with E-state index in [0.717, 1.165) is 24.4 Å². The number of aromatic nitrogens is 4. The molecule has 1 fully saturated rings. The molecule has 7 heteroatoms. The van der Waals surface area contributed by atoms with Crippen molar-refractivity contribution >= 4 is 28.6 Å². The number of hydrogen-bond donors (Lipinski definition) is 1. The van der Waals surface area contributed by atoms with Crippen molar-refractivity contribution in [1.29, 1.82) is 0 Å². The first-order valence-electron chi connectivity index (χ1n) is 6.39. The van der Waals surface area contributed by atoms with Gasteiger partial charge in [0.2, 0.25) is 5.28 Å². The van der Waals surface area contributed by atoms with E-state index < -0.39 is 0 Å². The van der Waals surface area contributed by atoms with Crippen LogP contribution in [-0.2, 0) is 0 Å². The molecule has 2 aromatic rings. The van der Waals surface area contributed by atoms with E-state index in [4.69, 9.17) is 11.6 Å². The molecule has 19 heavy (non-hydrogen) atoms. The first-order valence-corrected chi connectivity index (χ1v) is 6.77. The summed E-state index contributed by atoms with van der Waals surface area (Å²) < 4.78 is 0. The number of piperazine rings is 1. The predicted octanol–water partition coefficient (Wildman–Crippen LogP) is 1.54. The van der Waals surface area contributed by atoms with Crippen LogP contribution in [0.2, 0.25) is 5.28 Å². The zero-order valence-electron chi connectivity index (χ0n) is 11.3. The van der Waals surface area contributed by atoms with E-state index in [0.29, 0.717) is 17.7 Å². The molecule has 6 nitrogen and oxygen atoms in total. The van der Waals surface area contributed by atoms with Crippen molar-refractivity contribution in [3.05, 3.63) is 11.6 Å². The summed E-state index contributed by atoms with van der Waals surface area (Å²) in [5.41, 5.74) is 1.47. The summed E-state index contributed by atoms with van der Waals surface area (Å²) in [7, 11) is 2.16. The molecule has 0 aliphatic carbocycles. The molecule has 0 spiro atoms. The lowest BCUT2D eigenvalue weighted by molar-refractivity contribution is 0.170. The van der Waals surface area contributed by atoms with Gasteiger partial charge >= 0.3 is 0 Å². The molecular weight excluding hydrogens is 264 g/mol. The number of rotatable bonds is 1. The first kappa shape index (κ1) is 12.6. The standard InChI is InChI=1S/C12H17ClN6/c1-7-4-19(5-8(2)18(7)3)11-9-10(15-6-14-9)16-12(13)17-11/h6-8H,4-5H2,1-3H3,(H,14,15,16,17). The third-order valence-electron chi connectivity index (χ3n) is 3.90. The van der Waals surface area contributed by atoms with Crippen molar-refractivity contribution in [3.8, 4) is 0 Å². The van der Waals surface area contributed by atoms with Crippen LogP contribution < -0.4 is 4.90 Å². The minimum atomic E-state index is 0.244. The number of hydrogen-bond acceptors (Lipinski definition) is 5. The van der Waals surface area contributed by atoms with Crippen molar-refractivity contribution in [2.45, 2.75) is 25.9 Å². The summed E-state index contributed by atoms with van der Waals surface area (Å²) >= 11 is 5.99. The van der Waals surface area contributed by atoms with Gasteiger partial charge in [-0.2, -0.15) is 9.97 Å². The summed E-state index contributed by atoms with van der Waals surface area (Å²) in [6, 6.07) is 0.936. The largest absolute Gasteiger partial charge is 0.352 e. The monoisotopic (exact) mass is 280 g/mol. The topological polar surface area (TPSA) is 60.9 Å². The van der Waals surface area contributed by atoms with Crippen LogP contribution in [0.5, 0.6) is 0 Å². The van der Waals surface area contributed by atoms with E-state index in [2.05, 4.69) is 50.6 Å². The van der Waals surface area contributed by atoms with Gasteiger partial charge in [0.05, 0.1) is 6.33 Å². The lowest BCUT2D eigenvalue weighted by Gasteiger charge is -2.42. The number of nitrogens with one attached hydrogen (secondary N) is 1. The maximum absolute atomic E-state index is 5.99. The molecule has 3 heterocycles. The molecular formula is C12H17ClN6. The second-order valence-electron chi connectivity index (χ2n) is 5.19. The van der Waals surface area contributed by atoms with Gasteiger partial charge in [-0.1, -0.05) is 0 Å². The lowest BCUT2D eigenvalue weighted by atomic mass is 10.1. The Kier molecular flexibility index (Phi) is 3.06. The fraction of sp³-hybridized carbons (Fsp3) is 0.583. The zero-order valence-corrected chi connectivity index (χ0v) is 12.0. The Morgan fingerprint density at radius 3 is 2.63 bits per heavy atom. The Bertz CT molecular complexity index is 585. The number of fused-ring (bicyclic) bond motifs is 1. The van der Waals surface area contributed by atoms with Crippen molar-refractivity contribution in [2.75, 3.05) is 25.0 Å². The maximum atomic E-state index is 5.99. The predicted molar refractivity (Wildman–Crippen MR) is 75.6 cm³/mol. The number of halogens is 1. The summed E-state index contributed by atoms with van der Waals surface area (Å²) in [4.78, 5) is 20.4. The van der Waals surface area contributed by atoms with Gasteiger partial charge in [-0.15, -0.1) is 0 Å². The van der Waals surface area contributed by atoms with Gasteiger partial charge in [-0.3, -0.25) is 4.90 Å². The summed E-state index contributed by atoms with van der Waals surface area (Å²) in [5, 5.41) is 0.244. The molecule has 0 radical (unpaired) electrons. The number of anilines is 1. The highest BCUT2D eigenvalue weighted by Gasteiger charge is 2.28. The number of aromatic amines is 1. The van der Waals surface area contributed by atoms with Gasteiger partial charge in [0.15, 0.2) is 11.5 Å². The first-order chi connectivity index (χ1) is 9.06. The van der Waals surface area contributed by atoms with E-state index in [1.165, 1.54) is 0 Å². The molecule has 1 N–H and O–H groups in total. The highest BCUT2D eigenvalue weighted by molar-refractivity contribution is 6.28. The number of nitrogens with zero attached hydrogens (tertiary/aromatic N) is 5.